The zero-order valence-corrected chi connectivity index (χ0v) is 13.3. The Morgan fingerprint density at radius 1 is 1.55 bits per heavy atom. The molecule has 0 aromatic carbocycles. The summed E-state index contributed by atoms with van der Waals surface area (Å²) in [5, 5.41) is 13.9. The van der Waals surface area contributed by atoms with Gasteiger partial charge in [0.2, 0.25) is 0 Å². The van der Waals surface area contributed by atoms with Crippen LogP contribution in [0.15, 0.2) is 6.33 Å². The Hall–Kier alpha value is -1.34. The second-order valence-electron chi connectivity index (χ2n) is 4.53. The molecule has 2 aromatic rings. The van der Waals surface area contributed by atoms with E-state index in [-0.39, 0.29) is 0 Å². The molecule has 0 amide bonds. The van der Waals surface area contributed by atoms with Gasteiger partial charge in [0, 0.05) is 11.8 Å². The summed E-state index contributed by atoms with van der Waals surface area (Å²) in [6.07, 6.45) is 4.60. The molecule has 0 aliphatic heterocycles. The minimum Gasteiger partial charge on any atom is -0.477 e. The van der Waals surface area contributed by atoms with Gasteiger partial charge in [0.15, 0.2) is 0 Å². The number of nitrogens with zero attached hydrogens (tertiary/aromatic N) is 2. The van der Waals surface area contributed by atoms with Crippen molar-refractivity contribution in [1.82, 2.24) is 9.97 Å². The minimum atomic E-state index is -0.910. The largest absolute Gasteiger partial charge is 0.477 e. The zero-order chi connectivity index (χ0) is 14.7. The first kappa shape index (κ1) is 15.1. The van der Waals surface area contributed by atoms with Gasteiger partial charge in [-0.1, -0.05) is 6.92 Å². The maximum Gasteiger partial charge on any atom is 0.346 e. The van der Waals surface area contributed by atoms with E-state index in [0.717, 1.165) is 34.6 Å². The lowest BCUT2D eigenvalue weighted by atomic mass is 10.2. The predicted octanol–water partition coefficient (Wildman–Crippen LogP) is 3.25. The molecule has 2 aromatic heterocycles. The molecule has 0 fully saturated rings. The minimum absolute atomic E-state index is 0.334. The molecule has 20 heavy (non-hydrogen) atoms. The second kappa shape index (κ2) is 6.41. The van der Waals surface area contributed by atoms with Gasteiger partial charge in [-0.25, -0.2) is 14.8 Å². The molecule has 108 valence electrons. The Morgan fingerprint density at radius 2 is 2.30 bits per heavy atom. The van der Waals surface area contributed by atoms with Gasteiger partial charge in [-0.3, -0.25) is 0 Å². The van der Waals surface area contributed by atoms with Crippen molar-refractivity contribution in [3.8, 4) is 0 Å². The van der Waals surface area contributed by atoms with Crippen LogP contribution in [-0.4, -0.2) is 39.1 Å². The van der Waals surface area contributed by atoms with Crippen molar-refractivity contribution in [3.63, 3.8) is 0 Å². The molecule has 0 spiro atoms. The van der Waals surface area contributed by atoms with E-state index >= 15 is 0 Å². The van der Waals surface area contributed by atoms with Gasteiger partial charge in [0.05, 0.1) is 5.39 Å². The fraction of sp³-hybridized carbons (Fsp3) is 0.462. The van der Waals surface area contributed by atoms with E-state index in [0.29, 0.717) is 10.1 Å². The number of nitrogens with one attached hydrogen (secondary N) is 1. The summed E-state index contributed by atoms with van der Waals surface area (Å²) >= 11 is 3.02. The number of carboxylic acids is 1. The maximum absolute atomic E-state index is 11.2. The highest BCUT2D eigenvalue weighted by Crippen LogP contribution is 2.33. The first-order valence-electron chi connectivity index (χ1n) is 6.28. The molecule has 1 unspecified atom stereocenters. The van der Waals surface area contributed by atoms with E-state index in [4.69, 9.17) is 0 Å². The lowest BCUT2D eigenvalue weighted by molar-refractivity contribution is 0.0701. The van der Waals surface area contributed by atoms with Crippen molar-refractivity contribution in [2.75, 3.05) is 18.1 Å². The highest BCUT2D eigenvalue weighted by molar-refractivity contribution is 7.99. The quantitative estimate of drug-likeness (QED) is 0.853. The number of aromatic nitrogens is 2. The smallest absolute Gasteiger partial charge is 0.346 e. The molecule has 2 heterocycles. The summed E-state index contributed by atoms with van der Waals surface area (Å²) in [4.78, 5) is 20.6. The fourth-order valence-electron chi connectivity index (χ4n) is 1.92. The van der Waals surface area contributed by atoms with Crippen molar-refractivity contribution >= 4 is 45.1 Å². The van der Waals surface area contributed by atoms with Crippen LogP contribution in [0, 0.1) is 6.92 Å². The first-order valence-corrected chi connectivity index (χ1v) is 8.39. The monoisotopic (exact) mass is 311 g/mol. The topological polar surface area (TPSA) is 75.1 Å². The van der Waals surface area contributed by atoms with E-state index in [1.54, 1.807) is 6.92 Å². The molecular weight excluding hydrogens is 294 g/mol. The number of thioether (sulfide) groups is 1. The molecule has 0 radical (unpaired) electrons. The highest BCUT2D eigenvalue weighted by Gasteiger charge is 2.18. The molecule has 0 aliphatic rings. The fourth-order valence-corrected chi connectivity index (χ4v) is 3.26. The van der Waals surface area contributed by atoms with Crippen LogP contribution in [-0.2, 0) is 0 Å². The number of hydrogen-bond acceptors (Lipinski definition) is 6. The van der Waals surface area contributed by atoms with E-state index in [2.05, 4.69) is 28.5 Å². The van der Waals surface area contributed by atoms with Crippen molar-refractivity contribution in [2.45, 2.75) is 25.5 Å². The Bertz CT molecular complexity index is 627. The Morgan fingerprint density at radius 3 is 2.95 bits per heavy atom. The average molecular weight is 311 g/mol. The molecule has 2 rings (SSSR count). The molecule has 0 saturated carbocycles. The molecule has 2 N–H and O–H groups in total. The van der Waals surface area contributed by atoms with E-state index in [1.165, 1.54) is 17.7 Å². The van der Waals surface area contributed by atoms with Crippen LogP contribution in [0.4, 0.5) is 5.82 Å². The summed E-state index contributed by atoms with van der Waals surface area (Å²) in [5.41, 5.74) is 0.735. The van der Waals surface area contributed by atoms with Crippen molar-refractivity contribution in [3.05, 3.63) is 16.8 Å². The van der Waals surface area contributed by atoms with Gasteiger partial charge >= 0.3 is 5.97 Å². The standard InChI is InChI=1S/C13H17N3O2S2/c1-7(19-3)4-5-14-11-9-8(2)10(13(17)18)20-12(9)16-6-15-11/h6-7H,4-5H2,1-3H3,(H,17,18)(H,14,15,16). The summed E-state index contributed by atoms with van der Waals surface area (Å²) in [5.74, 6) is -0.183. The van der Waals surface area contributed by atoms with Gasteiger partial charge in [-0.05, 0) is 25.2 Å². The second-order valence-corrected chi connectivity index (χ2v) is 6.80. The van der Waals surface area contributed by atoms with Crippen molar-refractivity contribution in [1.29, 1.82) is 0 Å². The molecule has 7 heteroatoms. The van der Waals surface area contributed by atoms with Gasteiger partial charge in [-0.15, -0.1) is 11.3 Å². The van der Waals surface area contributed by atoms with Crippen molar-refractivity contribution < 1.29 is 9.90 Å². The number of anilines is 1. The lowest BCUT2D eigenvalue weighted by Gasteiger charge is -2.10. The van der Waals surface area contributed by atoms with Crippen molar-refractivity contribution in [2.24, 2.45) is 0 Å². The van der Waals surface area contributed by atoms with Crippen LogP contribution in [0.3, 0.4) is 0 Å². The highest BCUT2D eigenvalue weighted by atomic mass is 32.2. The van der Waals surface area contributed by atoms with Gasteiger partial charge in [0.1, 0.15) is 21.9 Å². The summed E-state index contributed by atoms with van der Waals surface area (Å²) in [6, 6.07) is 0. The van der Waals surface area contributed by atoms with E-state index < -0.39 is 5.97 Å². The third-order valence-electron chi connectivity index (χ3n) is 3.17. The Kier molecular flexibility index (Phi) is 4.82. The number of aryl methyl sites for hydroxylation is 1. The normalized spacial score (nSPS) is 12.6. The number of fused-ring (bicyclic) bond motifs is 1. The average Bonchev–Trinajstić information content (AvgIpc) is 2.77. The number of aromatic carboxylic acids is 1. The van der Waals surface area contributed by atoms with E-state index in [1.807, 2.05) is 11.8 Å². The number of rotatable bonds is 6. The zero-order valence-electron chi connectivity index (χ0n) is 11.6. The predicted molar refractivity (Wildman–Crippen MR) is 85.2 cm³/mol. The maximum atomic E-state index is 11.2. The Balaban J connectivity index is 2.27. The number of carboxylic acid groups (broad SMARTS) is 1. The first-order chi connectivity index (χ1) is 9.54. The lowest BCUT2D eigenvalue weighted by Crippen LogP contribution is -2.09. The Labute approximate surface area is 125 Å². The van der Waals surface area contributed by atoms with Crippen LogP contribution < -0.4 is 5.32 Å². The SMILES string of the molecule is CSC(C)CCNc1ncnc2sc(C(=O)O)c(C)c12. The summed E-state index contributed by atoms with van der Waals surface area (Å²) in [6.45, 7) is 4.80. The van der Waals surface area contributed by atoms with Gasteiger partial charge < -0.3 is 10.4 Å². The van der Waals surface area contributed by atoms with Gasteiger partial charge in [-0.2, -0.15) is 11.8 Å². The molecule has 1 atom stereocenters. The number of thiophene rings is 1. The third kappa shape index (κ3) is 3.04. The molecule has 0 aliphatic carbocycles. The van der Waals surface area contributed by atoms with Crippen LogP contribution in [0.5, 0.6) is 0 Å². The van der Waals surface area contributed by atoms with E-state index in [9.17, 15) is 9.90 Å². The summed E-state index contributed by atoms with van der Waals surface area (Å²) in [7, 11) is 0. The summed E-state index contributed by atoms with van der Waals surface area (Å²) < 4.78 is 0. The number of hydrogen-bond donors (Lipinski definition) is 2. The molecule has 0 bridgehead atoms. The number of carbonyl (C=O) groups is 1. The third-order valence-corrected chi connectivity index (χ3v) is 5.39. The molecular formula is C13H17N3O2S2. The molecule has 5 nitrogen and oxygen atoms in total. The van der Waals surface area contributed by atoms with Crippen LogP contribution in [0.25, 0.3) is 10.2 Å². The van der Waals surface area contributed by atoms with Crippen LogP contribution in [0.2, 0.25) is 0 Å². The molecule has 0 saturated heterocycles. The van der Waals surface area contributed by atoms with Crippen LogP contribution >= 0.6 is 23.1 Å². The van der Waals surface area contributed by atoms with Crippen LogP contribution in [0.1, 0.15) is 28.6 Å². The van der Waals surface area contributed by atoms with Gasteiger partial charge in [0.25, 0.3) is 0 Å².